The second-order valence-electron chi connectivity index (χ2n) is 5.55. The molecule has 0 saturated carbocycles. The number of nitrogens with one attached hydrogen (secondary N) is 1. The van der Waals surface area contributed by atoms with Gasteiger partial charge in [0.1, 0.15) is 22.6 Å². The van der Waals surface area contributed by atoms with Crippen molar-refractivity contribution in [3.8, 4) is 22.8 Å². The molecule has 0 amide bonds. The zero-order valence-electron chi connectivity index (χ0n) is 13.8. The first-order chi connectivity index (χ1) is 11.7. The summed E-state index contributed by atoms with van der Waals surface area (Å²) >= 11 is 3.61. The van der Waals surface area contributed by atoms with Crippen LogP contribution in [0.3, 0.4) is 0 Å². The topological polar surface area (TPSA) is 34.2 Å². The van der Waals surface area contributed by atoms with E-state index in [1.165, 1.54) is 0 Å². The Balaban J connectivity index is 1.92. The Hall–Kier alpha value is -2.20. The van der Waals surface area contributed by atoms with Crippen LogP contribution in [0.4, 0.5) is 0 Å². The normalized spacial score (nSPS) is 10.6. The van der Waals surface area contributed by atoms with Crippen molar-refractivity contribution in [1.82, 2.24) is 4.98 Å². The van der Waals surface area contributed by atoms with Crippen LogP contribution in [0.1, 0.15) is 18.2 Å². The molecule has 1 aromatic heterocycles. The monoisotopic (exact) mass is 385 g/mol. The number of halogens is 1. The number of H-pyrrole nitrogens is 1. The highest BCUT2D eigenvalue weighted by Crippen LogP contribution is 2.39. The largest absolute Gasteiger partial charge is 0.493 e. The molecule has 0 spiro atoms. The van der Waals surface area contributed by atoms with E-state index < -0.39 is 0 Å². The Morgan fingerprint density at radius 2 is 1.67 bits per heavy atom. The molecule has 124 valence electrons. The molecule has 0 radical (unpaired) electrons. The number of benzene rings is 2. The minimum Gasteiger partial charge on any atom is -0.493 e. The predicted octanol–water partition coefficient (Wildman–Crippen LogP) is 5.73. The van der Waals surface area contributed by atoms with Crippen LogP contribution < -0.4 is 9.47 Å². The van der Waals surface area contributed by atoms with E-state index >= 15 is 0 Å². The number of hydrogen-bond donors (Lipinski definition) is 1. The van der Waals surface area contributed by atoms with Crippen LogP contribution in [0.5, 0.6) is 11.5 Å². The molecule has 0 aliphatic carbocycles. The van der Waals surface area contributed by atoms with Crippen LogP contribution in [0.15, 0.2) is 59.1 Å². The fourth-order valence-corrected chi connectivity index (χ4v) is 2.96. The molecule has 1 N–H and O–H groups in total. The van der Waals surface area contributed by atoms with Crippen molar-refractivity contribution >= 4 is 15.9 Å². The molecule has 3 rings (SSSR count). The van der Waals surface area contributed by atoms with Crippen LogP contribution >= 0.6 is 15.9 Å². The molecule has 0 unspecified atom stereocenters. The summed E-state index contributed by atoms with van der Waals surface area (Å²) in [6, 6.07) is 18.3. The number of aromatic nitrogens is 1. The maximum atomic E-state index is 6.04. The number of hydrogen-bond acceptors (Lipinski definition) is 2. The Kier molecular flexibility index (Phi) is 5.26. The zero-order chi connectivity index (χ0) is 16.9. The Morgan fingerprint density at radius 3 is 2.29 bits per heavy atom. The van der Waals surface area contributed by atoms with E-state index in [4.69, 9.17) is 9.47 Å². The van der Waals surface area contributed by atoms with Crippen molar-refractivity contribution in [3.63, 3.8) is 0 Å². The van der Waals surface area contributed by atoms with E-state index in [-0.39, 0.29) is 0 Å². The van der Waals surface area contributed by atoms with Crippen molar-refractivity contribution in [1.29, 1.82) is 0 Å². The van der Waals surface area contributed by atoms with Gasteiger partial charge in [0.15, 0.2) is 0 Å². The maximum absolute atomic E-state index is 6.04. The van der Waals surface area contributed by atoms with E-state index in [1.807, 2.05) is 44.2 Å². The molecule has 3 aromatic rings. The summed E-state index contributed by atoms with van der Waals surface area (Å²) in [5.41, 5.74) is 4.34. The average molecular weight is 386 g/mol. The molecular formula is C20H20BrNO2. The van der Waals surface area contributed by atoms with E-state index in [9.17, 15) is 0 Å². The lowest BCUT2D eigenvalue weighted by Crippen LogP contribution is -1.99. The fourth-order valence-electron chi connectivity index (χ4n) is 2.50. The molecule has 24 heavy (non-hydrogen) atoms. The molecule has 0 saturated heterocycles. The Labute approximate surface area is 150 Å². The van der Waals surface area contributed by atoms with Gasteiger partial charge in [0, 0.05) is 17.0 Å². The minimum absolute atomic E-state index is 0.512. The number of aryl methyl sites for hydroxylation is 1. The summed E-state index contributed by atoms with van der Waals surface area (Å²) in [4.78, 5) is 3.36. The molecule has 4 heteroatoms. The number of rotatable bonds is 6. The van der Waals surface area contributed by atoms with Gasteiger partial charge in [-0.15, -0.1) is 0 Å². The summed E-state index contributed by atoms with van der Waals surface area (Å²) in [7, 11) is 0. The maximum Gasteiger partial charge on any atom is 0.138 e. The zero-order valence-corrected chi connectivity index (χ0v) is 15.4. The van der Waals surface area contributed by atoms with Gasteiger partial charge in [-0.25, -0.2) is 0 Å². The van der Waals surface area contributed by atoms with Gasteiger partial charge in [0.2, 0.25) is 0 Å². The van der Waals surface area contributed by atoms with Crippen molar-refractivity contribution in [2.24, 2.45) is 0 Å². The lowest BCUT2D eigenvalue weighted by molar-refractivity contribution is 0.296. The van der Waals surface area contributed by atoms with Gasteiger partial charge >= 0.3 is 0 Å². The van der Waals surface area contributed by atoms with Crippen LogP contribution in [0.2, 0.25) is 0 Å². The number of ether oxygens (including phenoxy) is 2. The summed E-state index contributed by atoms with van der Waals surface area (Å²) < 4.78 is 12.6. The van der Waals surface area contributed by atoms with Crippen LogP contribution in [-0.2, 0) is 6.61 Å². The van der Waals surface area contributed by atoms with E-state index in [0.717, 1.165) is 38.5 Å². The van der Waals surface area contributed by atoms with Crippen molar-refractivity contribution in [2.75, 3.05) is 6.61 Å². The molecular weight excluding hydrogens is 366 g/mol. The van der Waals surface area contributed by atoms with E-state index in [0.29, 0.717) is 13.2 Å². The van der Waals surface area contributed by atoms with Gasteiger partial charge in [-0.2, -0.15) is 0 Å². The minimum atomic E-state index is 0.512. The molecule has 0 atom stereocenters. The molecule has 0 bridgehead atoms. The van der Waals surface area contributed by atoms with Gasteiger partial charge in [-0.3, -0.25) is 0 Å². The third-order valence-corrected chi connectivity index (χ3v) is 4.47. The number of aromatic amines is 1. The van der Waals surface area contributed by atoms with Gasteiger partial charge in [-0.1, -0.05) is 30.3 Å². The SMILES string of the molecule is CCOc1cc(-c2ccc(C)[nH]2)cc(OCc2ccccc2)c1Br. The van der Waals surface area contributed by atoms with Crippen molar-refractivity contribution in [3.05, 3.63) is 70.3 Å². The van der Waals surface area contributed by atoms with Gasteiger partial charge in [0.05, 0.1) is 6.61 Å². The second-order valence-corrected chi connectivity index (χ2v) is 6.34. The standard InChI is InChI=1S/C20H20BrNO2/c1-3-23-18-11-16(17-10-9-14(2)22-17)12-19(20(18)21)24-13-15-7-5-4-6-8-15/h4-12,22H,3,13H2,1-2H3. The second kappa shape index (κ2) is 7.58. The first kappa shape index (κ1) is 16.7. The molecule has 0 aliphatic heterocycles. The van der Waals surface area contributed by atoms with E-state index in [2.05, 4.69) is 45.2 Å². The highest BCUT2D eigenvalue weighted by Gasteiger charge is 2.13. The van der Waals surface area contributed by atoms with Crippen molar-refractivity contribution < 1.29 is 9.47 Å². The summed E-state index contributed by atoms with van der Waals surface area (Å²) in [5, 5.41) is 0. The molecule has 1 heterocycles. The summed E-state index contributed by atoms with van der Waals surface area (Å²) in [6.07, 6.45) is 0. The highest BCUT2D eigenvalue weighted by atomic mass is 79.9. The lowest BCUT2D eigenvalue weighted by atomic mass is 10.1. The quantitative estimate of drug-likeness (QED) is 0.587. The molecule has 3 nitrogen and oxygen atoms in total. The van der Waals surface area contributed by atoms with E-state index in [1.54, 1.807) is 0 Å². The smallest absolute Gasteiger partial charge is 0.138 e. The lowest BCUT2D eigenvalue weighted by Gasteiger charge is -2.14. The fraction of sp³-hybridized carbons (Fsp3) is 0.200. The van der Waals surface area contributed by atoms with Gasteiger partial charge in [-0.05, 0) is 59.6 Å². The first-order valence-corrected chi connectivity index (χ1v) is 8.75. The van der Waals surface area contributed by atoms with Crippen LogP contribution in [-0.4, -0.2) is 11.6 Å². The van der Waals surface area contributed by atoms with Gasteiger partial charge in [0.25, 0.3) is 0 Å². The third kappa shape index (κ3) is 3.82. The van der Waals surface area contributed by atoms with Crippen molar-refractivity contribution in [2.45, 2.75) is 20.5 Å². The van der Waals surface area contributed by atoms with Gasteiger partial charge < -0.3 is 14.5 Å². The summed E-state index contributed by atoms with van der Waals surface area (Å²) in [5.74, 6) is 1.55. The Morgan fingerprint density at radius 1 is 0.958 bits per heavy atom. The molecule has 0 fully saturated rings. The highest BCUT2D eigenvalue weighted by molar-refractivity contribution is 9.10. The predicted molar refractivity (Wildman–Crippen MR) is 101 cm³/mol. The average Bonchev–Trinajstić information content (AvgIpc) is 3.03. The van der Waals surface area contributed by atoms with Crippen LogP contribution in [0, 0.1) is 6.92 Å². The third-order valence-electron chi connectivity index (χ3n) is 3.69. The first-order valence-electron chi connectivity index (χ1n) is 7.96. The van der Waals surface area contributed by atoms with Crippen LogP contribution in [0.25, 0.3) is 11.3 Å². The molecule has 2 aromatic carbocycles. The molecule has 0 aliphatic rings. The summed E-state index contributed by atoms with van der Waals surface area (Å²) in [6.45, 7) is 5.13. The Bertz CT molecular complexity index is 812.